The van der Waals surface area contributed by atoms with E-state index < -0.39 is 0 Å². The summed E-state index contributed by atoms with van der Waals surface area (Å²) in [5.41, 5.74) is 0.729. The van der Waals surface area contributed by atoms with Gasteiger partial charge >= 0.3 is 0 Å². The Hall–Kier alpha value is -2.40. The fourth-order valence-electron chi connectivity index (χ4n) is 3.67. The fourth-order valence-corrected chi connectivity index (χ4v) is 3.67. The summed E-state index contributed by atoms with van der Waals surface area (Å²) >= 11 is 0. The van der Waals surface area contributed by atoms with Crippen LogP contribution >= 0.6 is 0 Å². The van der Waals surface area contributed by atoms with Crippen LogP contribution in [0.15, 0.2) is 48.8 Å². The van der Waals surface area contributed by atoms with Gasteiger partial charge in [0.05, 0.1) is 6.20 Å². The topological polar surface area (TPSA) is 54.5 Å². The summed E-state index contributed by atoms with van der Waals surface area (Å²) in [7, 11) is 0. The van der Waals surface area contributed by atoms with Gasteiger partial charge < -0.3 is 15.0 Å². The lowest BCUT2D eigenvalue weighted by atomic mass is 10.1. The number of benzene rings is 1. The van der Waals surface area contributed by atoms with Crippen molar-refractivity contribution in [3.63, 3.8) is 0 Å². The predicted molar refractivity (Wildman–Crippen MR) is 91.2 cm³/mol. The monoisotopic (exact) mass is 323 g/mol. The molecule has 2 aromatic rings. The van der Waals surface area contributed by atoms with Crippen molar-refractivity contribution in [3.8, 4) is 11.5 Å². The van der Waals surface area contributed by atoms with Crippen LogP contribution in [0.25, 0.3) is 0 Å². The standard InChI is InChI=1S/C19H21N3O2/c23-19(22-15-5-6-16(22)12-21-11-9-15)14-3-7-17(8-4-14)24-18-2-1-10-20-13-18/h1-4,7-8,10,13,15-16,21H,5-6,9,11-12H2. The first-order valence-electron chi connectivity index (χ1n) is 8.52. The lowest BCUT2D eigenvalue weighted by Gasteiger charge is -2.28. The molecule has 24 heavy (non-hydrogen) atoms. The average molecular weight is 323 g/mol. The molecule has 2 aliphatic rings. The molecule has 0 radical (unpaired) electrons. The second-order valence-corrected chi connectivity index (χ2v) is 6.41. The minimum atomic E-state index is 0.138. The van der Waals surface area contributed by atoms with Crippen LogP contribution in [0, 0.1) is 0 Å². The van der Waals surface area contributed by atoms with Crippen LogP contribution in [0.1, 0.15) is 29.6 Å². The van der Waals surface area contributed by atoms with Crippen LogP contribution in [0.4, 0.5) is 0 Å². The van der Waals surface area contributed by atoms with Crippen molar-refractivity contribution in [2.75, 3.05) is 13.1 Å². The van der Waals surface area contributed by atoms with Gasteiger partial charge in [-0.2, -0.15) is 0 Å². The van der Waals surface area contributed by atoms with Gasteiger partial charge in [0.2, 0.25) is 0 Å². The highest BCUT2D eigenvalue weighted by atomic mass is 16.5. The quantitative estimate of drug-likeness (QED) is 0.944. The summed E-state index contributed by atoms with van der Waals surface area (Å²) in [5, 5.41) is 3.43. The van der Waals surface area contributed by atoms with Crippen molar-refractivity contribution in [1.29, 1.82) is 0 Å². The summed E-state index contributed by atoms with van der Waals surface area (Å²) in [6.07, 6.45) is 6.65. The number of rotatable bonds is 3. The molecule has 1 aromatic carbocycles. The van der Waals surface area contributed by atoms with E-state index in [4.69, 9.17) is 4.74 Å². The van der Waals surface area contributed by atoms with Crippen molar-refractivity contribution in [2.24, 2.45) is 0 Å². The van der Waals surface area contributed by atoms with Crippen molar-refractivity contribution < 1.29 is 9.53 Å². The first-order chi connectivity index (χ1) is 11.8. The maximum Gasteiger partial charge on any atom is 0.254 e. The van der Waals surface area contributed by atoms with Crippen molar-refractivity contribution in [1.82, 2.24) is 15.2 Å². The number of hydrogen-bond acceptors (Lipinski definition) is 4. The molecule has 1 aromatic heterocycles. The summed E-state index contributed by atoms with van der Waals surface area (Å²) in [5.74, 6) is 1.53. The lowest BCUT2D eigenvalue weighted by molar-refractivity contribution is 0.0680. The molecule has 2 fully saturated rings. The number of pyridine rings is 1. The second-order valence-electron chi connectivity index (χ2n) is 6.41. The SMILES string of the molecule is O=C(c1ccc(Oc2cccnc2)cc1)N1C2CCNCC1CC2. The van der Waals surface area contributed by atoms with Gasteiger partial charge in [-0.25, -0.2) is 0 Å². The lowest BCUT2D eigenvalue weighted by Crippen LogP contribution is -2.42. The Kier molecular flexibility index (Phi) is 4.17. The Morgan fingerprint density at radius 1 is 1.08 bits per heavy atom. The molecule has 3 heterocycles. The molecule has 124 valence electrons. The Morgan fingerprint density at radius 3 is 2.71 bits per heavy atom. The van der Waals surface area contributed by atoms with Crippen molar-refractivity contribution >= 4 is 5.91 Å². The fraction of sp³-hybridized carbons (Fsp3) is 0.368. The molecular formula is C19H21N3O2. The zero-order valence-electron chi connectivity index (χ0n) is 13.5. The van der Waals surface area contributed by atoms with Gasteiger partial charge in [0.1, 0.15) is 11.5 Å². The number of nitrogens with one attached hydrogen (secondary N) is 1. The number of fused-ring (bicyclic) bond motifs is 2. The highest BCUT2D eigenvalue weighted by Gasteiger charge is 2.38. The molecule has 4 rings (SSSR count). The zero-order chi connectivity index (χ0) is 16.4. The number of aromatic nitrogens is 1. The van der Waals surface area contributed by atoms with Gasteiger partial charge in [-0.15, -0.1) is 0 Å². The Morgan fingerprint density at radius 2 is 1.92 bits per heavy atom. The third-order valence-electron chi connectivity index (χ3n) is 4.86. The number of carbonyl (C=O) groups excluding carboxylic acids is 1. The normalized spacial score (nSPS) is 22.9. The Labute approximate surface area is 141 Å². The summed E-state index contributed by atoms with van der Waals surface area (Å²) in [4.78, 5) is 19.1. The summed E-state index contributed by atoms with van der Waals surface area (Å²) < 4.78 is 5.74. The van der Waals surface area contributed by atoms with Gasteiger partial charge in [0, 0.05) is 30.4 Å². The molecule has 2 atom stereocenters. The average Bonchev–Trinajstić information content (AvgIpc) is 2.89. The third-order valence-corrected chi connectivity index (χ3v) is 4.86. The largest absolute Gasteiger partial charge is 0.456 e. The number of nitrogens with zero attached hydrogens (tertiary/aromatic N) is 2. The van der Waals surface area contributed by atoms with Crippen molar-refractivity contribution in [2.45, 2.75) is 31.3 Å². The van der Waals surface area contributed by atoms with Crippen LogP contribution in [0.3, 0.4) is 0 Å². The highest BCUT2D eigenvalue weighted by Crippen LogP contribution is 2.30. The third kappa shape index (κ3) is 2.99. The number of amides is 1. The van der Waals surface area contributed by atoms with Gasteiger partial charge in [-0.05, 0) is 62.2 Å². The Bertz CT molecular complexity index is 688. The minimum absolute atomic E-state index is 0.138. The Balaban J connectivity index is 1.49. The molecule has 1 N–H and O–H groups in total. The van der Waals surface area contributed by atoms with E-state index in [0.717, 1.165) is 37.9 Å². The van der Waals surface area contributed by atoms with E-state index >= 15 is 0 Å². The van der Waals surface area contributed by atoms with E-state index in [1.807, 2.05) is 36.4 Å². The number of carbonyl (C=O) groups is 1. The molecule has 0 spiro atoms. The molecule has 2 aliphatic heterocycles. The van der Waals surface area contributed by atoms with E-state index in [1.54, 1.807) is 12.4 Å². The number of ether oxygens (including phenoxy) is 1. The van der Waals surface area contributed by atoms with Crippen LogP contribution in [0.2, 0.25) is 0 Å². The molecule has 0 aliphatic carbocycles. The molecule has 1 amide bonds. The summed E-state index contributed by atoms with van der Waals surface area (Å²) in [6, 6.07) is 11.8. The van der Waals surface area contributed by atoms with E-state index in [9.17, 15) is 4.79 Å². The first-order valence-corrected chi connectivity index (χ1v) is 8.52. The van der Waals surface area contributed by atoms with Crippen LogP contribution < -0.4 is 10.1 Å². The maximum absolute atomic E-state index is 12.9. The predicted octanol–water partition coefficient (Wildman–Crippen LogP) is 2.84. The molecule has 2 saturated heterocycles. The van der Waals surface area contributed by atoms with Crippen LogP contribution in [-0.2, 0) is 0 Å². The van der Waals surface area contributed by atoms with Gasteiger partial charge in [0.25, 0.3) is 5.91 Å². The maximum atomic E-state index is 12.9. The smallest absolute Gasteiger partial charge is 0.254 e. The van der Waals surface area contributed by atoms with Gasteiger partial charge in [-0.1, -0.05) is 0 Å². The van der Waals surface area contributed by atoms with Crippen LogP contribution in [-0.4, -0.2) is 41.0 Å². The van der Waals surface area contributed by atoms with Crippen molar-refractivity contribution in [3.05, 3.63) is 54.4 Å². The zero-order valence-corrected chi connectivity index (χ0v) is 13.5. The van der Waals surface area contributed by atoms with E-state index in [1.165, 1.54) is 0 Å². The molecule has 5 nitrogen and oxygen atoms in total. The molecular weight excluding hydrogens is 302 g/mol. The van der Waals surface area contributed by atoms with Gasteiger partial charge in [0.15, 0.2) is 0 Å². The minimum Gasteiger partial charge on any atom is -0.456 e. The number of hydrogen-bond donors (Lipinski definition) is 1. The molecule has 2 bridgehead atoms. The van der Waals surface area contributed by atoms with Crippen LogP contribution in [0.5, 0.6) is 11.5 Å². The molecule has 0 saturated carbocycles. The highest BCUT2D eigenvalue weighted by molar-refractivity contribution is 5.95. The molecule has 2 unspecified atom stereocenters. The second kappa shape index (κ2) is 6.61. The molecule has 5 heteroatoms. The van der Waals surface area contributed by atoms with E-state index in [0.29, 0.717) is 23.6 Å². The van der Waals surface area contributed by atoms with E-state index in [2.05, 4.69) is 15.2 Å². The van der Waals surface area contributed by atoms with Gasteiger partial charge in [-0.3, -0.25) is 9.78 Å². The first kappa shape index (κ1) is 15.1. The summed E-state index contributed by atoms with van der Waals surface area (Å²) in [6.45, 7) is 1.91. The van der Waals surface area contributed by atoms with E-state index in [-0.39, 0.29) is 5.91 Å².